The highest BCUT2D eigenvalue weighted by Crippen LogP contribution is 2.35. The van der Waals surface area contributed by atoms with Crippen molar-refractivity contribution in [1.82, 2.24) is 10.1 Å². The maximum atomic E-state index is 13.3. The zero-order valence-corrected chi connectivity index (χ0v) is 15.8. The summed E-state index contributed by atoms with van der Waals surface area (Å²) < 4.78 is 10.9. The van der Waals surface area contributed by atoms with Crippen LogP contribution in [0.3, 0.4) is 0 Å². The first-order valence-corrected chi connectivity index (χ1v) is 10.2. The standard InChI is InChI=1S/C19H23N3O3S/c1-24-15-6-4-14(5-7-15)17-16(19(23)22-10-12-26-13-11-22)18(20-25-17)21-8-2-3-9-21/h4-7H,2-3,8-13H2,1H3. The average molecular weight is 373 g/mol. The maximum Gasteiger partial charge on any atom is 0.261 e. The first-order valence-electron chi connectivity index (χ1n) is 9.04. The molecular weight excluding hydrogens is 350 g/mol. The van der Waals surface area contributed by atoms with Crippen LogP contribution in [0.15, 0.2) is 28.8 Å². The molecule has 2 aliphatic rings. The minimum absolute atomic E-state index is 0.0271. The topological polar surface area (TPSA) is 58.8 Å². The summed E-state index contributed by atoms with van der Waals surface area (Å²) in [6.45, 7) is 3.39. The van der Waals surface area contributed by atoms with Crippen LogP contribution in [0.1, 0.15) is 23.2 Å². The SMILES string of the molecule is COc1ccc(-c2onc(N3CCCC3)c2C(=O)N2CCSCC2)cc1. The predicted molar refractivity (Wildman–Crippen MR) is 103 cm³/mol. The monoisotopic (exact) mass is 373 g/mol. The van der Waals surface area contributed by atoms with Gasteiger partial charge in [-0.3, -0.25) is 4.79 Å². The Bertz CT molecular complexity index is 763. The van der Waals surface area contributed by atoms with Gasteiger partial charge in [0.05, 0.1) is 7.11 Å². The van der Waals surface area contributed by atoms with E-state index in [1.807, 2.05) is 40.9 Å². The van der Waals surface area contributed by atoms with Gasteiger partial charge in [-0.1, -0.05) is 5.16 Å². The van der Waals surface area contributed by atoms with Crippen molar-refractivity contribution in [3.05, 3.63) is 29.8 Å². The van der Waals surface area contributed by atoms with E-state index in [0.717, 1.165) is 61.8 Å². The Kier molecular flexibility index (Phi) is 5.06. The van der Waals surface area contributed by atoms with Crippen molar-refractivity contribution in [2.75, 3.05) is 49.7 Å². The number of amides is 1. The van der Waals surface area contributed by atoms with Crippen molar-refractivity contribution in [1.29, 1.82) is 0 Å². The summed E-state index contributed by atoms with van der Waals surface area (Å²) in [6.07, 6.45) is 2.25. The molecule has 1 amide bonds. The van der Waals surface area contributed by atoms with Gasteiger partial charge < -0.3 is 19.1 Å². The molecule has 6 nitrogen and oxygen atoms in total. The number of hydrogen-bond donors (Lipinski definition) is 0. The van der Waals surface area contributed by atoms with Gasteiger partial charge in [-0.05, 0) is 37.1 Å². The lowest BCUT2D eigenvalue weighted by Gasteiger charge is -2.27. The highest BCUT2D eigenvalue weighted by molar-refractivity contribution is 7.99. The van der Waals surface area contributed by atoms with Gasteiger partial charge in [-0.25, -0.2) is 0 Å². The van der Waals surface area contributed by atoms with E-state index < -0.39 is 0 Å². The molecule has 0 radical (unpaired) electrons. The van der Waals surface area contributed by atoms with E-state index in [1.54, 1.807) is 7.11 Å². The van der Waals surface area contributed by atoms with Gasteiger partial charge in [-0.15, -0.1) is 0 Å². The van der Waals surface area contributed by atoms with Crippen LogP contribution in [0.2, 0.25) is 0 Å². The van der Waals surface area contributed by atoms with E-state index in [2.05, 4.69) is 10.1 Å². The average Bonchev–Trinajstić information content (AvgIpc) is 3.37. The number of anilines is 1. The molecule has 3 heterocycles. The normalized spacial score (nSPS) is 17.6. The van der Waals surface area contributed by atoms with Crippen LogP contribution >= 0.6 is 11.8 Å². The molecule has 2 saturated heterocycles. The van der Waals surface area contributed by atoms with E-state index >= 15 is 0 Å². The fourth-order valence-electron chi connectivity index (χ4n) is 3.48. The highest BCUT2D eigenvalue weighted by atomic mass is 32.2. The number of aromatic nitrogens is 1. The quantitative estimate of drug-likeness (QED) is 0.821. The summed E-state index contributed by atoms with van der Waals surface area (Å²) in [7, 11) is 1.64. The molecule has 1 aromatic heterocycles. The van der Waals surface area contributed by atoms with Crippen LogP contribution in [-0.2, 0) is 0 Å². The number of rotatable bonds is 4. The number of ether oxygens (including phenoxy) is 1. The first-order chi connectivity index (χ1) is 12.8. The lowest BCUT2D eigenvalue weighted by atomic mass is 10.1. The number of carbonyl (C=O) groups is 1. The molecular formula is C19H23N3O3S. The van der Waals surface area contributed by atoms with Crippen LogP contribution in [0.5, 0.6) is 5.75 Å². The van der Waals surface area contributed by atoms with Gasteiger partial charge in [0.1, 0.15) is 11.3 Å². The molecule has 0 spiro atoms. The number of benzene rings is 1. The molecule has 2 fully saturated rings. The second-order valence-electron chi connectivity index (χ2n) is 6.54. The molecule has 0 atom stereocenters. The summed E-state index contributed by atoms with van der Waals surface area (Å²) in [5.74, 6) is 4.00. The Hall–Kier alpha value is -2.15. The molecule has 0 bridgehead atoms. The molecule has 0 unspecified atom stereocenters. The van der Waals surface area contributed by atoms with Gasteiger partial charge in [0.2, 0.25) is 0 Å². The summed E-state index contributed by atoms with van der Waals surface area (Å²) >= 11 is 1.89. The second kappa shape index (κ2) is 7.61. The van der Waals surface area contributed by atoms with E-state index in [4.69, 9.17) is 9.26 Å². The van der Waals surface area contributed by atoms with Gasteiger partial charge in [0, 0.05) is 43.2 Å². The summed E-state index contributed by atoms with van der Waals surface area (Å²) in [6, 6.07) is 7.57. The summed E-state index contributed by atoms with van der Waals surface area (Å²) in [5, 5.41) is 4.30. The maximum absolute atomic E-state index is 13.3. The highest BCUT2D eigenvalue weighted by Gasteiger charge is 2.32. The fourth-order valence-corrected chi connectivity index (χ4v) is 4.39. The Morgan fingerprint density at radius 2 is 1.81 bits per heavy atom. The van der Waals surface area contributed by atoms with Crippen molar-refractivity contribution in [3.8, 4) is 17.1 Å². The van der Waals surface area contributed by atoms with Gasteiger partial charge in [0.15, 0.2) is 11.6 Å². The first kappa shape index (κ1) is 17.3. The smallest absolute Gasteiger partial charge is 0.261 e. The molecule has 2 aliphatic heterocycles. The Morgan fingerprint density at radius 1 is 1.12 bits per heavy atom. The minimum Gasteiger partial charge on any atom is -0.497 e. The van der Waals surface area contributed by atoms with Gasteiger partial charge >= 0.3 is 0 Å². The Morgan fingerprint density at radius 3 is 2.46 bits per heavy atom. The third kappa shape index (κ3) is 3.28. The van der Waals surface area contributed by atoms with Crippen molar-refractivity contribution < 1.29 is 14.1 Å². The van der Waals surface area contributed by atoms with E-state index in [9.17, 15) is 4.79 Å². The number of nitrogens with zero attached hydrogens (tertiary/aromatic N) is 3. The van der Waals surface area contributed by atoms with E-state index in [0.29, 0.717) is 17.1 Å². The molecule has 26 heavy (non-hydrogen) atoms. The number of thioether (sulfide) groups is 1. The van der Waals surface area contributed by atoms with E-state index in [1.165, 1.54) is 0 Å². The van der Waals surface area contributed by atoms with Crippen LogP contribution in [0.4, 0.5) is 5.82 Å². The van der Waals surface area contributed by atoms with Gasteiger partial charge in [0.25, 0.3) is 5.91 Å². The third-order valence-electron chi connectivity index (χ3n) is 4.94. The summed E-state index contributed by atoms with van der Waals surface area (Å²) in [4.78, 5) is 17.4. The van der Waals surface area contributed by atoms with Crippen LogP contribution in [-0.4, -0.2) is 60.8 Å². The molecule has 1 aromatic carbocycles. The van der Waals surface area contributed by atoms with Gasteiger partial charge in [-0.2, -0.15) is 11.8 Å². The largest absolute Gasteiger partial charge is 0.497 e. The van der Waals surface area contributed by atoms with Crippen LogP contribution < -0.4 is 9.64 Å². The number of carbonyl (C=O) groups excluding carboxylic acids is 1. The fraction of sp³-hybridized carbons (Fsp3) is 0.474. The predicted octanol–water partition coefficient (Wildman–Crippen LogP) is 3.14. The molecule has 0 aliphatic carbocycles. The number of methoxy groups -OCH3 is 1. The molecule has 0 N–H and O–H groups in total. The molecule has 4 rings (SSSR count). The second-order valence-corrected chi connectivity index (χ2v) is 7.76. The minimum atomic E-state index is 0.0271. The summed E-state index contributed by atoms with van der Waals surface area (Å²) in [5.41, 5.74) is 1.45. The molecule has 0 saturated carbocycles. The third-order valence-corrected chi connectivity index (χ3v) is 5.89. The zero-order chi connectivity index (χ0) is 17.9. The zero-order valence-electron chi connectivity index (χ0n) is 14.9. The van der Waals surface area contributed by atoms with Crippen molar-refractivity contribution >= 4 is 23.5 Å². The molecule has 2 aromatic rings. The van der Waals surface area contributed by atoms with Crippen LogP contribution in [0, 0.1) is 0 Å². The van der Waals surface area contributed by atoms with Crippen molar-refractivity contribution in [3.63, 3.8) is 0 Å². The van der Waals surface area contributed by atoms with E-state index in [-0.39, 0.29) is 5.91 Å². The van der Waals surface area contributed by atoms with Crippen molar-refractivity contribution in [2.45, 2.75) is 12.8 Å². The molecule has 138 valence electrons. The lowest BCUT2D eigenvalue weighted by molar-refractivity contribution is 0.0773. The van der Waals surface area contributed by atoms with Crippen molar-refractivity contribution in [2.24, 2.45) is 0 Å². The molecule has 7 heteroatoms. The van der Waals surface area contributed by atoms with Crippen LogP contribution in [0.25, 0.3) is 11.3 Å². The Balaban J connectivity index is 1.73. The lowest BCUT2D eigenvalue weighted by Crippen LogP contribution is -2.38. The Labute approximate surface area is 157 Å². The number of hydrogen-bond acceptors (Lipinski definition) is 6.